The molecule has 0 aromatic carbocycles. The van der Waals surface area contributed by atoms with E-state index in [1.807, 2.05) is 0 Å². The number of hydrogen-bond acceptors (Lipinski definition) is 2. The summed E-state index contributed by atoms with van der Waals surface area (Å²) in [5.41, 5.74) is 1.20. The molecule has 1 atom stereocenters. The minimum atomic E-state index is -1.68. The molecule has 0 saturated carbocycles. The minimum Gasteiger partial charge on any atom is -0.417 e. The summed E-state index contributed by atoms with van der Waals surface area (Å²) in [5.74, 6) is 0. The van der Waals surface area contributed by atoms with Crippen LogP contribution < -0.4 is 0 Å². The average molecular weight is 317 g/mol. The Morgan fingerprint density at radius 1 is 1.15 bits per heavy atom. The highest BCUT2D eigenvalue weighted by atomic mass is 28.4. The monoisotopic (exact) mass is 316 g/mol. The maximum atomic E-state index is 10.1. The normalized spacial score (nSPS) is 15.2. The highest BCUT2D eigenvalue weighted by Gasteiger charge is 2.36. The second kappa shape index (κ2) is 7.38. The molecule has 0 aromatic rings. The van der Waals surface area contributed by atoms with Crippen molar-refractivity contribution >= 4 is 16.4 Å². The first-order chi connectivity index (χ1) is 8.74. The van der Waals surface area contributed by atoms with Gasteiger partial charge in [0.2, 0.25) is 0 Å². The highest BCUT2D eigenvalue weighted by molar-refractivity contribution is 6.76. The van der Waals surface area contributed by atoms with Gasteiger partial charge in [0, 0.05) is 14.7 Å². The molecule has 0 bridgehead atoms. The first-order valence-corrected chi connectivity index (χ1v) is 14.3. The molecule has 4 heteroatoms. The number of rotatable bonds is 8. The fourth-order valence-electron chi connectivity index (χ4n) is 1.92. The summed E-state index contributed by atoms with van der Waals surface area (Å²) in [6, 6.07) is 1.10. The van der Waals surface area contributed by atoms with E-state index < -0.39 is 16.4 Å². The second-order valence-electron chi connectivity index (χ2n) is 8.74. The van der Waals surface area contributed by atoms with Crippen molar-refractivity contribution in [2.45, 2.75) is 83.5 Å². The van der Waals surface area contributed by atoms with Gasteiger partial charge in [-0.3, -0.25) is 0 Å². The Morgan fingerprint density at radius 3 is 2.05 bits per heavy atom. The van der Waals surface area contributed by atoms with Crippen LogP contribution in [0.15, 0.2) is 12.2 Å². The zero-order chi connectivity index (χ0) is 16.2. The lowest BCUT2D eigenvalue weighted by molar-refractivity contribution is 0.135. The van der Waals surface area contributed by atoms with E-state index in [4.69, 9.17) is 4.43 Å². The van der Waals surface area contributed by atoms with Gasteiger partial charge in [-0.2, -0.15) is 0 Å². The Balaban J connectivity index is 4.07. The van der Waals surface area contributed by atoms with Gasteiger partial charge in [0.25, 0.3) is 0 Å². The molecule has 0 aromatic heterocycles. The summed E-state index contributed by atoms with van der Waals surface area (Å²) in [6.07, 6.45) is 1.14. The molecule has 2 nitrogen and oxygen atoms in total. The number of aliphatic hydroxyl groups excluding tert-OH is 1. The quantitative estimate of drug-likeness (QED) is 0.502. The molecule has 0 unspecified atom stereocenters. The molecule has 0 aliphatic carbocycles. The van der Waals surface area contributed by atoms with Crippen molar-refractivity contribution in [1.82, 2.24) is 0 Å². The molecule has 0 amide bonds. The zero-order valence-electron chi connectivity index (χ0n) is 15.0. The van der Waals surface area contributed by atoms with Crippen molar-refractivity contribution in [3.05, 3.63) is 12.2 Å². The molecule has 20 heavy (non-hydrogen) atoms. The van der Waals surface area contributed by atoms with Crippen LogP contribution in [0.5, 0.6) is 0 Å². The average Bonchev–Trinajstić information content (AvgIpc) is 2.11. The Labute approximate surface area is 128 Å². The SMILES string of the molecule is C=C(C[C@@H](O)CCO[Si](C)(C)C(C)(C)C)C[Si](C)(C)C. The van der Waals surface area contributed by atoms with Gasteiger partial charge in [0.05, 0.1) is 6.10 Å². The lowest BCUT2D eigenvalue weighted by Crippen LogP contribution is -2.41. The van der Waals surface area contributed by atoms with Crippen LogP contribution in [0.2, 0.25) is 43.8 Å². The van der Waals surface area contributed by atoms with Gasteiger partial charge in [-0.1, -0.05) is 46.0 Å². The van der Waals surface area contributed by atoms with Crippen molar-refractivity contribution in [1.29, 1.82) is 0 Å². The predicted octanol–water partition coefficient (Wildman–Crippen LogP) is 5.04. The summed E-state index contributed by atoms with van der Waals surface area (Å²) in [6.45, 7) is 23.0. The van der Waals surface area contributed by atoms with E-state index in [1.165, 1.54) is 5.57 Å². The van der Waals surface area contributed by atoms with Gasteiger partial charge in [-0.05, 0) is 37.0 Å². The Hall–Kier alpha value is 0.0938. The van der Waals surface area contributed by atoms with Crippen molar-refractivity contribution in [2.75, 3.05) is 6.61 Å². The molecular weight excluding hydrogens is 280 g/mol. The summed E-state index contributed by atoms with van der Waals surface area (Å²) >= 11 is 0. The van der Waals surface area contributed by atoms with Gasteiger partial charge < -0.3 is 9.53 Å². The summed E-state index contributed by atoms with van der Waals surface area (Å²) in [7, 11) is -2.78. The van der Waals surface area contributed by atoms with Crippen molar-refractivity contribution in [2.24, 2.45) is 0 Å². The summed E-state index contributed by atoms with van der Waals surface area (Å²) in [5, 5.41) is 10.3. The third-order valence-electron chi connectivity index (χ3n) is 4.02. The molecular formula is C16H36O2Si2. The van der Waals surface area contributed by atoms with Gasteiger partial charge >= 0.3 is 0 Å². The molecule has 0 rings (SSSR count). The van der Waals surface area contributed by atoms with E-state index >= 15 is 0 Å². The minimum absolute atomic E-state index is 0.236. The third-order valence-corrected chi connectivity index (χ3v) is 10.1. The predicted molar refractivity (Wildman–Crippen MR) is 95.7 cm³/mol. The topological polar surface area (TPSA) is 29.5 Å². The van der Waals surface area contributed by atoms with Crippen LogP contribution in [0.25, 0.3) is 0 Å². The Kier molecular flexibility index (Phi) is 7.42. The van der Waals surface area contributed by atoms with E-state index in [1.54, 1.807) is 0 Å². The number of hydrogen-bond donors (Lipinski definition) is 1. The van der Waals surface area contributed by atoms with Crippen LogP contribution in [-0.4, -0.2) is 34.2 Å². The molecule has 0 aliphatic heterocycles. The van der Waals surface area contributed by atoms with E-state index in [-0.39, 0.29) is 11.1 Å². The first-order valence-electron chi connectivity index (χ1n) is 7.73. The molecule has 0 radical (unpaired) electrons. The fourth-order valence-corrected chi connectivity index (χ4v) is 4.63. The van der Waals surface area contributed by atoms with Crippen LogP contribution >= 0.6 is 0 Å². The first kappa shape index (κ1) is 20.1. The van der Waals surface area contributed by atoms with Crippen LogP contribution in [-0.2, 0) is 4.43 Å². The smallest absolute Gasteiger partial charge is 0.191 e. The van der Waals surface area contributed by atoms with E-state index in [9.17, 15) is 5.11 Å². The maximum Gasteiger partial charge on any atom is 0.191 e. The molecule has 0 saturated heterocycles. The van der Waals surface area contributed by atoms with Crippen molar-refractivity contribution in [3.8, 4) is 0 Å². The van der Waals surface area contributed by atoms with E-state index in [0.29, 0.717) is 6.61 Å². The lowest BCUT2D eigenvalue weighted by atomic mass is 10.1. The third kappa shape index (κ3) is 8.40. The summed E-state index contributed by atoms with van der Waals surface area (Å²) in [4.78, 5) is 0. The van der Waals surface area contributed by atoms with Gasteiger partial charge in [0.15, 0.2) is 8.32 Å². The van der Waals surface area contributed by atoms with Crippen LogP contribution in [0.3, 0.4) is 0 Å². The van der Waals surface area contributed by atoms with Gasteiger partial charge in [-0.15, -0.1) is 6.58 Å². The number of aliphatic hydroxyl groups is 1. The van der Waals surface area contributed by atoms with Gasteiger partial charge in [-0.25, -0.2) is 0 Å². The van der Waals surface area contributed by atoms with Crippen molar-refractivity contribution < 1.29 is 9.53 Å². The molecule has 120 valence electrons. The van der Waals surface area contributed by atoms with Crippen LogP contribution in [0, 0.1) is 0 Å². The van der Waals surface area contributed by atoms with Crippen LogP contribution in [0.4, 0.5) is 0 Å². The molecule has 0 aliphatic rings. The zero-order valence-corrected chi connectivity index (χ0v) is 17.0. The summed E-state index contributed by atoms with van der Waals surface area (Å²) < 4.78 is 6.10. The second-order valence-corrected chi connectivity index (χ2v) is 19.0. The largest absolute Gasteiger partial charge is 0.417 e. The maximum absolute atomic E-state index is 10.1. The molecule has 0 heterocycles. The van der Waals surface area contributed by atoms with Crippen molar-refractivity contribution in [3.63, 3.8) is 0 Å². The van der Waals surface area contributed by atoms with E-state index in [2.05, 4.69) is 60.1 Å². The Bertz CT molecular complexity index is 311. The molecule has 0 spiro atoms. The van der Waals surface area contributed by atoms with E-state index in [0.717, 1.165) is 18.9 Å². The molecule has 0 fully saturated rings. The lowest BCUT2D eigenvalue weighted by Gasteiger charge is -2.36. The standard InChI is InChI=1S/C16H36O2Si2/c1-14(13-19(5,6)7)12-15(17)10-11-18-20(8,9)16(2,3)4/h15,17H,1,10-13H2,2-9H3/t15-/m0/s1. The fraction of sp³-hybridized carbons (Fsp3) is 0.875. The Morgan fingerprint density at radius 2 is 1.65 bits per heavy atom. The molecule has 1 N–H and O–H groups in total. The highest BCUT2D eigenvalue weighted by Crippen LogP contribution is 2.36. The van der Waals surface area contributed by atoms with Crippen LogP contribution in [0.1, 0.15) is 33.6 Å². The van der Waals surface area contributed by atoms with Gasteiger partial charge in [0.1, 0.15) is 0 Å².